The van der Waals surface area contributed by atoms with Gasteiger partial charge < -0.3 is 10.6 Å². The summed E-state index contributed by atoms with van der Waals surface area (Å²) in [5.74, 6) is 1.60. The Labute approximate surface area is 103 Å². The molecule has 16 heavy (non-hydrogen) atoms. The summed E-state index contributed by atoms with van der Waals surface area (Å²) in [4.78, 5) is 0. The number of hydrogen-bond acceptors (Lipinski definition) is 2. The minimum atomic E-state index is 0.776. The van der Waals surface area contributed by atoms with Crippen molar-refractivity contribution in [1.29, 1.82) is 0 Å². The number of rotatable bonds is 11. The molecule has 0 atom stereocenters. The first-order valence-electron chi connectivity index (χ1n) is 7.04. The Balaban J connectivity index is 2.93. The topological polar surface area (TPSA) is 24.1 Å². The van der Waals surface area contributed by atoms with Crippen molar-refractivity contribution in [2.24, 2.45) is 11.8 Å². The first-order valence-corrected chi connectivity index (χ1v) is 7.04. The third-order valence-corrected chi connectivity index (χ3v) is 2.66. The molecule has 2 nitrogen and oxygen atoms in total. The minimum absolute atomic E-state index is 0.776. The van der Waals surface area contributed by atoms with Crippen molar-refractivity contribution in [1.82, 2.24) is 10.6 Å². The summed E-state index contributed by atoms with van der Waals surface area (Å²) in [7, 11) is 0. The van der Waals surface area contributed by atoms with Gasteiger partial charge in [0.2, 0.25) is 0 Å². The van der Waals surface area contributed by atoms with Gasteiger partial charge in [-0.25, -0.2) is 0 Å². The summed E-state index contributed by atoms with van der Waals surface area (Å²) in [6.45, 7) is 13.8. The van der Waals surface area contributed by atoms with Crippen LogP contribution in [0.4, 0.5) is 0 Å². The van der Waals surface area contributed by atoms with Crippen LogP contribution in [-0.2, 0) is 0 Å². The van der Waals surface area contributed by atoms with Gasteiger partial charge in [-0.05, 0) is 57.3 Å². The lowest BCUT2D eigenvalue weighted by molar-refractivity contribution is 0.507. The van der Waals surface area contributed by atoms with Crippen molar-refractivity contribution in [3.05, 3.63) is 0 Å². The molecule has 0 heterocycles. The SMILES string of the molecule is CC(C)CCNCCCCCNCC(C)C. The van der Waals surface area contributed by atoms with Crippen LogP contribution < -0.4 is 10.6 Å². The highest BCUT2D eigenvalue weighted by molar-refractivity contribution is 4.54. The zero-order valence-electron chi connectivity index (χ0n) is 11.8. The molecule has 0 rings (SSSR count). The summed E-state index contributed by atoms with van der Waals surface area (Å²) in [6, 6.07) is 0. The largest absolute Gasteiger partial charge is 0.317 e. The summed E-state index contributed by atoms with van der Waals surface area (Å²) in [5, 5.41) is 6.99. The van der Waals surface area contributed by atoms with Crippen LogP contribution in [0.2, 0.25) is 0 Å². The second-order valence-electron chi connectivity index (χ2n) is 5.59. The van der Waals surface area contributed by atoms with E-state index in [0.29, 0.717) is 0 Å². The predicted octanol–water partition coefficient (Wildman–Crippen LogP) is 3.04. The molecule has 0 aromatic heterocycles. The van der Waals surface area contributed by atoms with E-state index < -0.39 is 0 Å². The second kappa shape index (κ2) is 11.4. The van der Waals surface area contributed by atoms with Crippen LogP contribution in [0.1, 0.15) is 53.4 Å². The van der Waals surface area contributed by atoms with Crippen LogP contribution >= 0.6 is 0 Å². The molecule has 0 aliphatic rings. The fourth-order valence-corrected chi connectivity index (χ4v) is 1.58. The van der Waals surface area contributed by atoms with Gasteiger partial charge in [-0.15, -0.1) is 0 Å². The highest BCUT2D eigenvalue weighted by Crippen LogP contribution is 1.97. The van der Waals surface area contributed by atoms with E-state index in [0.717, 1.165) is 18.4 Å². The Bertz CT molecular complexity index is 117. The lowest BCUT2D eigenvalue weighted by Gasteiger charge is -2.08. The van der Waals surface area contributed by atoms with Gasteiger partial charge in [-0.2, -0.15) is 0 Å². The first-order chi connectivity index (χ1) is 7.63. The molecule has 0 spiro atoms. The van der Waals surface area contributed by atoms with Crippen molar-refractivity contribution in [2.45, 2.75) is 53.4 Å². The van der Waals surface area contributed by atoms with E-state index in [2.05, 4.69) is 38.3 Å². The number of unbranched alkanes of at least 4 members (excludes halogenated alkanes) is 2. The Morgan fingerprint density at radius 1 is 0.688 bits per heavy atom. The molecule has 0 fully saturated rings. The normalized spacial score (nSPS) is 11.6. The van der Waals surface area contributed by atoms with Gasteiger partial charge in [0.25, 0.3) is 0 Å². The zero-order valence-corrected chi connectivity index (χ0v) is 11.8. The fraction of sp³-hybridized carbons (Fsp3) is 1.00. The molecule has 0 saturated carbocycles. The minimum Gasteiger partial charge on any atom is -0.317 e. The van der Waals surface area contributed by atoms with Crippen molar-refractivity contribution < 1.29 is 0 Å². The quantitative estimate of drug-likeness (QED) is 0.531. The van der Waals surface area contributed by atoms with E-state index in [-0.39, 0.29) is 0 Å². The van der Waals surface area contributed by atoms with Crippen molar-refractivity contribution >= 4 is 0 Å². The molecule has 2 N–H and O–H groups in total. The third-order valence-electron chi connectivity index (χ3n) is 2.66. The van der Waals surface area contributed by atoms with Gasteiger partial charge in [0.15, 0.2) is 0 Å². The average Bonchev–Trinajstić information content (AvgIpc) is 2.20. The van der Waals surface area contributed by atoms with Crippen LogP contribution in [-0.4, -0.2) is 26.2 Å². The van der Waals surface area contributed by atoms with E-state index in [1.165, 1.54) is 45.3 Å². The smallest absolute Gasteiger partial charge is 0.00258 e. The number of hydrogen-bond donors (Lipinski definition) is 2. The Morgan fingerprint density at radius 2 is 1.31 bits per heavy atom. The fourth-order valence-electron chi connectivity index (χ4n) is 1.58. The monoisotopic (exact) mass is 228 g/mol. The predicted molar refractivity (Wildman–Crippen MR) is 73.9 cm³/mol. The van der Waals surface area contributed by atoms with E-state index in [1.807, 2.05) is 0 Å². The van der Waals surface area contributed by atoms with Gasteiger partial charge in [0.1, 0.15) is 0 Å². The molecular formula is C14H32N2. The molecule has 0 aromatic rings. The van der Waals surface area contributed by atoms with Crippen molar-refractivity contribution in [2.75, 3.05) is 26.2 Å². The third kappa shape index (κ3) is 13.9. The summed E-state index contributed by atoms with van der Waals surface area (Å²) in [5.41, 5.74) is 0. The van der Waals surface area contributed by atoms with Crippen molar-refractivity contribution in [3.8, 4) is 0 Å². The molecule has 0 amide bonds. The van der Waals surface area contributed by atoms with E-state index in [9.17, 15) is 0 Å². The second-order valence-corrected chi connectivity index (χ2v) is 5.59. The van der Waals surface area contributed by atoms with Gasteiger partial charge in [0, 0.05) is 0 Å². The molecule has 0 bridgehead atoms. The van der Waals surface area contributed by atoms with Gasteiger partial charge in [0.05, 0.1) is 0 Å². The standard InChI is InChI=1S/C14H32N2/c1-13(2)8-11-15-9-6-5-7-10-16-12-14(3)4/h13-16H,5-12H2,1-4H3. The maximum absolute atomic E-state index is 3.51. The number of nitrogens with one attached hydrogen (secondary N) is 2. The first kappa shape index (κ1) is 15.9. The Kier molecular flexibility index (Phi) is 11.3. The highest BCUT2D eigenvalue weighted by atomic mass is 14.9. The molecule has 2 heteroatoms. The van der Waals surface area contributed by atoms with Crippen LogP contribution in [0, 0.1) is 11.8 Å². The molecular weight excluding hydrogens is 196 g/mol. The van der Waals surface area contributed by atoms with Crippen LogP contribution in [0.5, 0.6) is 0 Å². The lowest BCUT2D eigenvalue weighted by Crippen LogP contribution is -2.21. The van der Waals surface area contributed by atoms with E-state index >= 15 is 0 Å². The van der Waals surface area contributed by atoms with E-state index in [1.54, 1.807) is 0 Å². The Morgan fingerprint density at radius 3 is 1.88 bits per heavy atom. The summed E-state index contributed by atoms with van der Waals surface area (Å²) in [6.07, 6.45) is 5.29. The summed E-state index contributed by atoms with van der Waals surface area (Å²) >= 11 is 0. The van der Waals surface area contributed by atoms with Crippen LogP contribution in [0.25, 0.3) is 0 Å². The molecule has 0 radical (unpaired) electrons. The molecule has 0 aromatic carbocycles. The van der Waals surface area contributed by atoms with Gasteiger partial charge in [-0.3, -0.25) is 0 Å². The molecule has 0 unspecified atom stereocenters. The maximum Gasteiger partial charge on any atom is -0.00258 e. The van der Waals surface area contributed by atoms with E-state index in [4.69, 9.17) is 0 Å². The Hall–Kier alpha value is -0.0800. The lowest BCUT2D eigenvalue weighted by atomic mass is 10.1. The molecule has 98 valence electrons. The molecule has 0 aliphatic carbocycles. The van der Waals surface area contributed by atoms with Crippen molar-refractivity contribution in [3.63, 3.8) is 0 Å². The molecule has 0 saturated heterocycles. The highest BCUT2D eigenvalue weighted by Gasteiger charge is 1.94. The van der Waals surface area contributed by atoms with Gasteiger partial charge in [-0.1, -0.05) is 34.1 Å². The maximum atomic E-state index is 3.51. The molecule has 0 aliphatic heterocycles. The average molecular weight is 228 g/mol. The van der Waals surface area contributed by atoms with Gasteiger partial charge >= 0.3 is 0 Å². The zero-order chi connectivity index (χ0) is 12.2. The van der Waals surface area contributed by atoms with Crippen LogP contribution in [0.3, 0.4) is 0 Å². The van der Waals surface area contributed by atoms with Crippen LogP contribution in [0.15, 0.2) is 0 Å². The summed E-state index contributed by atoms with van der Waals surface area (Å²) < 4.78 is 0.